The number of carbonyl (C=O) groups excluding carboxylic acids is 2. The molecule has 0 spiro atoms. The summed E-state index contributed by atoms with van der Waals surface area (Å²) in [7, 11) is -5.03. The van der Waals surface area contributed by atoms with E-state index in [0.29, 0.717) is 12.8 Å². The van der Waals surface area contributed by atoms with Gasteiger partial charge in [-0.25, -0.2) is 8.42 Å². The molecule has 0 rings (SSSR count). The van der Waals surface area contributed by atoms with E-state index in [-0.39, 0.29) is 42.8 Å². The van der Waals surface area contributed by atoms with Crippen molar-refractivity contribution in [2.75, 3.05) is 13.2 Å². The minimum absolute atomic E-state index is 0. The summed E-state index contributed by atoms with van der Waals surface area (Å²) in [6.07, 6.45) is 50.3. The molecule has 57 heavy (non-hydrogen) atoms. The summed E-state index contributed by atoms with van der Waals surface area (Å²) in [5.74, 6) is -1.99. The molecule has 7 nitrogen and oxygen atoms in total. The van der Waals surface area contributed by atoms with Crippen LogP contribution in [-0.2, 0) is 29.2 Å². The monoisotopic (exact) mass is 837 g/mol. The van der Waals surface area contributed by atoms with Gasteiger partial charge in [-0.05, 0) is 12.8 Å². The maximum absolute atomic E-state index is 12.4. The van der Waals surface area contributed by atoms with Crippen LogP contribution in [0.15, 0.2) is 0 Å². The van der Waals surface area contributed by atoms with Crippen LogP contribution in [-0.4, -0.2) is 43.4 Å². The summed E-state index contributed by atoms with van der Waals surface area (Å²) in [6.45, 7) is 4.76. The SMILES string of the molecule is CCCCCCCCCCCCCCCCCCCCCCOC(=O)CC(C(=O)OCCCCCCCCCCCCCCCCCCCCCC)S(=O)(=O)[O-].[Na+]. The first-order valence-corrected chi connectivity index (χ1v) is 26.1. The summed E-state index contributed by atoms with van der Waals surface area (Å²) >= 11 is 0. The van der Waals surface area contributed by atoms with Crippen LogP contribution in [0.2, 0.25) is 0 Å². The maximum atomic E-state index is 12.4. The van der Waals surface area contributed by atoms with Crippen LogP contribution in [0, 0.1) is 0 Å². The molecule has 1 atom stereocenters. The van der Waals surface area contributed by atoms with Gasteiger partial charge < -0.3 is 14.0 Å². The Hall–Kier alpha value is -0.150. The van der Waals surface area contributed by atoms with Crippen LogP contribution in [0.3, 0.4) is 0 Å². The van der Waals surface area contributed by atoms with Crippen LogP contribution in [0.4, 0.5) is 0 Å². The average molecular weight is 837 g/mol. The number of esters is 2. The van der Waals surface area contributed by atoms with Gasteiger partial charge in [-0.15, -0.1) is 0 Å². The van der Waals surface area contributed by atoms with Crippen molar-refractivity contribution in [3.63, 3.8) is 0 Å². The molecule has 0 saturated heterocycles. The van der Waals surface area contributed by atoms with Crippen molar-refractivity contribution in [3.05, 3.63) is 0 Å². The Morgan fingerprint density at radius 2 is 0.596 bits per heavy atom. The van der Waals surface area contributed by atoms with Gasteiger partial charge in [-0.2, -0.15) is 0 Å². The first-order valence-electron chi connectivity index (χ1n) is 24.6. The first kappa shape index (κ1) is 58.9. The quantitative estimate of drug-likeness (QED) is 0.0260. The van der Waals surface area contributed by atoms with Gasteiger partial charge >= 0.3 is 41.5 Å². The van der Waals surface area contributed by atoms with E-state index in [1.165, 1.54) is 205 Å². The zero-order valence-electron chi connectivity index (χ0n) is 38.2. The number of carbonyl (C=O) groups is 2. The fourth-order valence-corrected chi connectivity index (χ4v) is 8.32. The van der Waals surface area contributed by atoms with Gasteiger partial charge in [-0.1, -0.05) is 258 Å². The smallest absolute Gasteiger partial charge is 0.747 e. The molecule has 0 aromatic rings. The van der Waals surface area contributed by atoms with Gasteiger partial charge in [0.15, 0.2) is 5.25 Å². The molecule has 0 N–H and O–H groups in total. The molecule has 0 saturated carbocycles. The zero-order valence-corrected chi connectivity index (χ0v) is 41.1. The standard InChI is InChI=1S/C48H94O7S.Na/c1-3-5-7-9-11-13-15-17-19-21-23-25-27-29-31-33-35-37-39-41-43-54-47(49)45-46(56(51,52)53)48(50)55-44-42-40-38-36-34-32-30-28-26-24-22-20-18-16-14-12-10-8-6-4-2;/h46H,3-45H2,1-2H3,(H,51,52,53);/q;+1/p-1. The van der Waals surface area contributed by atoms with Crippen LogP contribution in [0.5, 0.6) is 0 Å². The van der Waals surface area contributed by atoms with Gasteiger partial charge in [0.25, 0.3) is 0 Å². The number of rotatable bonds is 46. The number of unbranched alkanes of at least 4 members (excludes halogenated alkanes) is 38. The van der Waals surface area contributed by atoms with Crippen molar-refractivity contribution in [3.8, 4) is 0 Å². The molecular formula is C48H93NaO7S. The predicted molar refractivity (Wildman–Crippen MR) is 236 cm³/mol. The first-order chi connectivity index (χ1) is 27.3. The second-order valence-corrected chi connectivity index (χ2v) is 18.6. The van der Waals surface area contributed by atoms with Crippen LogP contribution < -0.4 is 29.6 Å². The average Bonchev–Trinajstić information content (AvgIpc) is 3.17. The predicted octanol–water partition coefficient (Wildman–Crippen LogP) is 12.0. The number of hydrogen-bond donors (Lipinski definition) is 0. The fraction of sp³-hybridized carbons (Fsp3) is 0.958. The molecular weight excluding hydrogens is 744 g/mol. The Bertz CT molecular complexity index is 945. The molecule has 0 aromatic carbocycles. The van der Waals surface area contributed by atoms with Crippen molar-refractivity contribution in [1.29, 1.82) is 0 Å². The molecule has 0 amide bonds. The zero-order chi connectivity index (χ0) is 41.1. The topological polar surface area (TPSA) is 110 Å². The van der Waals surface area contributed by atoms with Gasteiger partial charge in [0.1, 0.15) is 10.1 Å². The van der Waals surface area contributed by atoms with E-state index in [1.807, 2.05) is 0 Å². The minimum atomic E-state index is -5.03. The second-order valence-electron chi connectivity index (χ2n) is 17.0. The molecule has 0 heterocycles. The van der Waals surface area contributed by atoms with E-state index < -0.39 is 33.7 Å². The molecule has 1 unspecified atom stereocenters. The van der Waals surface area contributed by atoms with E-state index >= 15 is 0 Å². The molecule has 0 aromatic heterocycles. The van der Waals surface area contributed by atoms with E-state index in [1.54, 1.807) is 0 Å². The summed E-state index contributed by atoms with van der Waals surface area (Å²) in [5.41, 5.74) is 0. The van der Waals surface area contributed by atoms with Gasteiger partial charge in [-0.3, -0.25) is 9.59 Å². The molecule has 9 heteroatoms. The molecule has 0 aliphatic carbocycles. The van der Waals surface area contributed by atoms with Crippen molar-refractivity contribution in [2.24, 2.45) is 0 Å². The molecule has 0 aliphatic rings. The van der Waals surface area contributed by atoms with E-state index in [2.05, 4.69) is 13.8 Å². The Morgan fingerprint density at radius 3 is 0.825 bits per heavy atom. The van der Waals surface area contributed by atoms with Gasteiger partial charge in [0, 0.05) is 0 Å². The van der Waals surface area contributed by atoms with Gasteiger partial charge in [0.2, 0.25) is 0 Å². The van der Waals surface area contributed by atoms with E-state index in [4.69, 9.17) is 9.47 Å². The third-order valence-corrected chi connectivity index (χ3v) is 12.5. The number of hydrogen-bond acceptors (Lipinski definition) is 7. The van der Waals surface area contributed by atoms with Crippen molar-refractivity contribution in [2.45, 2.75) is 282 Å². The minimum Gasteiger partial charge on any atom is -0.747 e. The third kappa shape index (κ3) is 45.2. The Morgan fingerprint density at radius 1 is 0.386 bits per heavy atom. The van der Waals surface area contributed by atoms with Crippen LogP contribution in [0.1, 0.15) is 277 Å². The molecule has 0 fully saturated rings. The summed E-state index contributed by atoms with van der Waals surface area (Å²) in [5, 5.41) is -2.05. The Balaban J connectivity index is 0. The van der Waals surface area contributed by atoms with Crippen molar-refractivity contribution in [1.82, 2.24) is 0 Å². The molecule has 334 valence electrons. The largest absolute Gasteiger partial charge is 1.00 e. The Kier molecular flexibility index (Phi) is 48.5. The summed E-state index contributed by atoms with van der Waals surface area (Å²) in [6, 6.07) is 0. The second kappa shape index (κ2) is 46.9. The maximum Gasteiger partial charge on any atom is 1.00 e. The van der Waals surface area contributed by atoms with Crippen molar-refractivity contribution < 1.29 is 61.6 Å². The van der Waals surface area contributed by atoms with Crippen LogP contribution >= 0.6 is 0 Å². The normalized spacial score (nSPS) is 12.1. The van der Waals surface area contributed by atoms with E-state index in [0.717, 1.165) is 38.5 Å². The van der Waals surface area contributed by atoms with Crippen molar-refractivity contribution >= 4 is 22.1 Å². The summed E-state index contributed by atoms with van der Waals surface area (Å²) in [4.78, 5) is 24.6. The Labute approximate surface area is 376 Å². The molecule has 0 aliphatic heterocycles. The molecule has 0 bridgehead atoms. The molecule has 0 radical (unpaired) electrons. The third-order valence-electron chi connectivity index (χ3n) is 11.5. The van der Waals surface area contributed by atoms with E-state index in [9.17, 15) is 22.6 Å². The van der Waals surface area contributed by atoms with Crippen LogP contribution in [0.25, 0.3) is 0 Å². The summed E-state index contributed by atoms with van der Waals surface area (Å²) < 4.78 is 45.4. The van der Waals surface area contributed by atoms with Gasteiger partial charge in [0.05, 0.1) is 19.6 Å². The number of ether oxygens (including phenoxy) is 2. The fourth-order valence-electron chi connectivity index (χ4n) is 7.68.